The summed E-state index contributed by atoms with van der Waals surface area (Å²) >= 11 is 0. The molecule has 2 rings (SSSR count). The Hall–Kier alpha value is -0.870. The SMILES string of the molecule is CC(C)n1cc(CNC2CCOC2)cn1. The van der Waals surface area contributed by atoms with Gasteiger partial charge in [0.15, 0.2) is 0 Å². The van der Waals surface area contributed by atoms with E-state index in [4.69, 9.17) is 4.74 Å². The minimum absolute atomic E-state index is 0.438. The maximum Gasteiger partial charge on any atom is 0.0620 e. The minimum atomic E-state index is 0.438. The molecule has 0 amide bonds. The van der Waals surface area contributed by atoms with E-state index in [0.29, 0.717) is 12.1 Å². The lowest BCUT2D eigenvalue weighted by Gasteiger charge is -2.08. The van der Waals surface area contributed by atoms with Crippen LogP contribution in [-0.4, -0.2) is 29.0 Å². The van der Waals surface area contributed by atoms with Crippen LogP contribution in [0.4, 0.5) is 0 Å². The highest BCUT2D eigenvalue weighted by Gasteiger charge is 2.14. The van der Waals surface area contributed by atoms with E-state index in [1.807, 2.05) is 10.9 Å². The van der Waals surface area contributed by atoms with Crippen LogP contribution in [0.5, 0.6) is 0 Å². The predicted octanol–water partition coefficient (Wildman–Crippen LogP) is 1.34. The highest BCUT2D eigenvalue weighted by molar-refractivity contribution is 5.04. The number of nitrogens with zero attached hydrogens (tertiary/aromatic N) is 2. The van der Waals surface area contributed by atoms with Crippen LogP contribution in [-0.2, 0) is 11.3 Å². The molecule has 2 heterocycles. The van der Waals surface area contributed by atoms with Crippen molar-refractivity contribution in [3.63, 3.8) is 0 Å². The molecule has 1 unspecified atom stereocenters. The molecule has 1 aliphatic rings. The van der Waals surface area contributed by atoms with E-state index in [1.54, 1.807) is 0 Å². The number of hydrogen-bond acceptors (Lipinski definition) is 3. The van der Waals surface area contributed by atoms with E-state index in [2.05, 4.69) is 30.5 Å². The standard InChI is InChI=1S/C11H19N3O/c1-9(2)14-7-10(6-13-14)5-12-11-3-4-15-8-11/h6-7,9,11-12H,3-5,8H2,1-2H3. The van der Waals surface area contributed by atoms with E-state index < -0.39 is 0 Å². The Labute approximate surface area is 90.6 Å². The number of hydrogen-bond donors (Lipinski definition) is 1. The molecule has 1 saturated heterocycles. The lowest BCUT2D eigenvalue weighted by atomic mass is 10.2. The van der Waals surface area contributed by atoms with Gasteiger partial charge in [0.1, 0.15) is 0 Å². The number of aromatic nitrogens is 2. The first-order valence-electron chi connectivity index (χ1n) is 5.60. The summed E-state index contributed by atoms with van der Waals surface area (Å²) in [6.07, 6.45) is 5.16. The molecule has 4 nitrogen and oxygen atoms in total. The highest BCUT2D eigenvalue weighted by Crippen LogP contribution is 2.07. The van der Waals surface area contributed by atoms with Crippen LogP contribution in [0.2, 0.25) is 0 Å². The number of nitrogens with one attached hydrogen (secondary N) is 1. The van der Waals surface area contributed by atoms with Crippen molar-refractivity contribution in [1.29, 1.82) is 0 Å². The normalized spacial score (nSPS) is 21.4. The topological polar surface area (TPSA) is 39.1 Å². The van der Waals surface area contributed by atoms with E-state index in [0.717, 1.165) is 26.2 Å². The van der Waals surface area contributed by atoms with Gasteiger partial charge in [-0.1, -0.05) is 0 Å². The summed E-state index contributed by atoms with van der Waals surface area (Å²) in [6, 6.07) is 0.959. The van der Waals surface area contributed by atoms with E-state index in [-0.39, 0.29) is 0 Å². The van der Waals surface area contributed by atoms with Gasteiger partial charge in [0, 0.05) is 37.0 Å². The van der Waals surface area contributed by atoms with Gasteiger partial charge in [-0.3, -0.25) is 4.68 Å². The summed E-state index contributed by atoms with van der Waals surface area (Å²) < 4.78 is 7.29. The first-order valence-corrected chi connectivity index (χ1v) is 5.60. The summed E-state index contributed by atoms with van der Waals surface area (Å²) in [6.45, 7) is 6.89. The Kier molecular flexibility index (Phi) is 3.38. The van der Waals surface area contributed by atoms with Crippen LogP contribution in [0.1, 0.15) is 31.9 Å². The molecule has 0 aromatic carbocycles. The fraction of sp³-hybridized carbons (Fsp3) is 0.727. The van der Waals surface area contributed by atoms with Crippen molar-refractivity contribution in [3.8, 4) is 0 Å². The zero-order valence-corrected chi connectivity index (χ0v) is 9.44. The van der Waals surface area contributed by atoms with Gasteiger partial charge >= 0.3 is 0 Å². The molecule has 1 N–H and O–H groups in total. The third-order valence-corrected chi connectivity index (χ3v) is 2.71. The second-order valence-corrected chi connectivity index (χ2v) is 4.36. The molecule has 1 aromatic rings. The first-order chi connectivity index (χ1) is 7.25. The van der Waals surface area contributed by atoms with Gasteiger partial charge in [0.2, 0.25) is 0 Å². The highest BCUT2D eigenvalue weighted by atomic mass is 16.5. The largest absolute Gasteiger partial charge is 0.380 e. The third kappa shape index (κ3) is 2.79. The molecule has 1 aromatic heterocycles. The average molecular weight is 209 g/mol. The smallest absolute Gasteiger partial charge is 0.0620 e. The maximum atomic E-state index is 5.31. The maximum absolute atomic E-state index is 5.31. The third-order valence-electron chi connectivity index (χ3n) is 2.71. The number of ether oxygens (including phenoxy) is 1. The minimum Gasteiger partial charge on any atom is -0.380 e. The summed E-state index contributed by atoms with van der Waals surface area (Å²) in [4.78, 5) is 0. The molecule has 15 heavy (non-hydrogen) atoms. The molecule has 4 heteroatoms. The van der Waals surface area contributed by atoms with Gasteiger partial charge in [-0.15, -0.1) is 0 Å². The van der Waals surface area contributed by atoms with E-state index in [9.17, 15) is 0 Å². The van der Waals surface area contributed by atoms with Gasteiger partial charge in [0.05, 0.1) is 12.8 Å². The monoisotopic (exact) mass is 209 g/mol. The Morgan fingerprint density at radius 3 is 3.13 bits per heavy atom. The zero-order chi connectivity index (χ0) is 10.7. The molecule has 1 atom stereocenters. The van der Waals surface area contributed by atoms with Crippen LogP contribution in [0.25, 0.3) is 0 Å². The van der Waals surface area contributed by atoms with E-state index in [1.165, 1.54) is 5.56 Å². The fourth-order valence-corrected chi connectivity index (χ4v) is 1.71. The lowest BCUT2D eigenvalue weighted by Crippen LogP contribution is -2.28. The van der Waals surface area contributed by atoms with Crippen molar-refractivity contribution in [3.05, 3.63) is 18.0 Å². The molecule has 84 valence electrons. The van der Waals surface area contributed by atoms with Gasteiger partial charge in [-0.2, -0.15) is 5.10 Å². The lowest BCUT2D eigenvalue weighted by molar-refractivity contribution is 0.190. The second-order valence-electron chi connectivity index (χ2n) is 4.36. The molecule has 1 fully saturated rings. The molecule has 0 spiro atoms. The molecule has 0 aliphatic carbocycles. The number of rotatable bonds is 4. The summed E-state index contributed by atoms with van der Waals surface area (Å²) in [5, 5.41) is 7.78. The van der Waals surface area contributed by atoms with Crippen LogP contribution in [0.3, 0.4) is 0 Å². The quantitative estimate of drug-likeness (QED) is 0.813. The Morgan fingerprint density at radius 2 is 2.53 bits per heavy atom. The summed E-state index contributed by atoms with van der Waals surface area (Å²) in [5.74, 6) is 0. The van der Waals surface area contributed by atoms with Crippen LogP contribution in [0, 0.1) is 0 Å². The van der Waals surface area contributed by atoms with Gasteiger partial charge in [0.25, 0.3) is 0 Å². The Balaban J connectivity index is 1.82. The molecule has 0 saturated carbocycles. The van der Waals surface area contributed by atoms with Crippen molar-refractivity contribution in [2.24, 2.45) is 0 Å². The van der Waals surface area contributed by atoms with E-state index >= 15 is 0 Å². The van der Waals surface area contributed by atoms with Gasteiger partial charge in [-0.25, -0.2) is 0 Å². The fourth-order valence-electron chi connectivity index (χ4n) is 1.71. The average Bonchev–Trinajstić information content (AvgIpc) is 2.86. The first kappa shape index (κ1) is 10.6. The predicted molar refractivity (Wildman–Crippen MR) is 58.7 cm³/mol. The molecule has 1 aliphatic heterocycles. The van der Waals surface area contributed by atoms with Crippen LogP contribution in [0.15, 0.2) is 12.4 Å². The second kappa shape index (κ2) is 4.77. The summed E-state index contributed by atoms with van der Waals surface area (Å²) in [5.41, 5.74) is 1.25. The van der Waals surface area contributed by atoms with Crippen molar-refractivity contribution >= 4 is 0 Å². The Morgan fingerprint density at radius 1 is 1.67 bits per heavy atom. The summed E-state index contributed by atoms with van der Waals surface area (Å²) in [7, 11) is 0. The molecule has 0 bridgehead atoms. The van der Waals surface area contributed by atoms with Crippen molar-refractivity contribution in [1.82, 2.24) is 15.1 Å². The van der Waals surface area contributed by atoms with Crippen molar-refractivity contribution in [2.45, 2.75) is 38.9 Å². The zero-order valence-electron chi connectivity index (χ0n) is 9.44. The van der Waals surface area contributed by atoms with Crippen LogP contribution >= 0.6 is 0 Å². The molecule has 0 radical (unpaired) electrons. The Bertz CT molecular complexity index is 303. The van der Waals surface area contributed by atoms with Crippen LogP contribution < -0.4 is 5.32 Å². The van der Waals surface area contributed by atoms with Crippen molar-refractivity contribution < 1.29 is 4.74 Å². The molecular formula is C11H19N3O. The van der Waals surface area contributed by atoms with Gasteiger partial charge in [-0.05, 0) is 20.3 Å². The molecular weight excluding hydrogens is 190 g/mol. The van der Waals surface area contributed by atoms with Gasteiger partial charge < -0.3 is 10.1 Å². The van der Waals surface area contributed by atoms with Crippen molar-refractivity contribution in [2.75, 3.05) is 13.2 Å².